The molecule has 168 valence electrons. The molecular weight excluding hydrogens is 528 g/mol. The quantitative estimate of drug-likeness (QED) is 0.245. The van der Waals surface area contributed by atoms with Gasteiger partial charge >= 0.3 is 0 Å². The highest BCUT2D eigenvalue weighted by Gasteiger charge is 2.25. The van der Waals surface area contributed by atoms with Crippen LogP contribution in [0.1, 0.15) is 17.5 Å². The van der Waals surface area contributed by atoms with Crippen LogP contribution in [0.3, 0.4) is 0 Å². The first-order chi connectivity index (χ1) is 14.7. The number of benzene rings is 2. The Balaban J connectivity index is 0.00000272. The Morgan fingerprint density at radius 2 is 2.13 bits per heavy atom. The lowest BCUT2D eigenvalue weighted by Crippen LogP contribution is -2.41. The van der Waals surface area contributed by atoms with Gasteiger partial charge in [-0.2, -0.15) is 0 Å². The average Bonchev–Trinajstić information content (AvgIpc) is 3.24. The third-order valence-electron chi connectivity index (χ3n) is 5.46. The minimum atomic E-state index is -0.250. The van der Waals surface area contributed by atoms with E-state index in [9.17, 15) is 4.39 Å². The summed E-state index contributed by atoms with van der Waals surface area (Å²) in [5, 5.41) is 3.44. The van der Waals surface area contributed by atoms with Crippen LogP contribution >= 0.6 is 35.7 Å². The van der Waals surface area contributed by atoms with Crippen LogP contribution in [0, 0.1) is 11.7 Å². The van der Waals surface area contributed by atoms with Crippen molar-refractivity contribution in [1.82, 2.24) is 10.2 Å². The molecule has 1 fully saturated rings. The molecule has 2 aromatic rings. The zero-order chi connectivity index (χ0) is 20.8. The van der Waals surface area contributed by atoms with Crippen LogP contribution in [-0.2, 0) is 17.8 Å². The number of guanidine groups is 1. The van der Waals surface area contributed by atoms with Crippen molar-refractivity contribution in [1.29, 1.82) is 0 Å². The number of hydrogen-bond donors (Lipinski definition) is 1. The van der Waals surface area contributed by atoms with Crippen LogP contribution in [-0.4, -0.2) is 50.1 Å². The molecule has 2 aliphatic heterocycles. The molecule has 1 saturated heterocycles. The van der Waals surface area contributed by atoms with Crippen molar-refractivity contribution in [2.24, 2.45) is 10.9 Å². The summed E-state index contributed by atoms with van der Waals surface area (Å²) in [5.74, 6) is 3.19. The van der Waals surface area contributed by atoms with Crippen LogP contribution in [0.15, 0.2) is 52.4 Å². The fourth-order valence-electron chi connectivity index (χ4n) is 3.98. The van der Waals surface area contributed by atoms with E-state index in [-0.39, 0.29) is 36.6 Å². The van der Waals surface area contributed by atoms with Crippen molar-refractivity contribution in [3.8, 4) is 5.75 Å². The van der Waals surface area contributed by atoms with Crippen LogP contribution < -0.4 is 10.1 Å². The van der Waals surface area contributed by atoms with E-state index in [2.05, 4.69) is 45.5 Å². The summed E-state index contributed by atoms with van der Waals surface area (Å²) in [6.07, 6.45) is 1.84. The van der Waals surface area contributed by atoms with Crippen LogP contribution in [0.5, 0.6) is 5.75 Å². The van der Waals surface area contributed by atoms with E-state index in [0.717, 1.165) is 41.7 Å². The molecule has 0 saturated carbocycles. The standard InChI is InChI=1S/C23H28FN3O2S.HI/c1-25-23(27-10-8-17(13-27)15-30-21-5-3-2-4-6-21)26-9-7-18-11-20(24)12-19-14-28-16-29-22(18)19;/h2-6,11-12,17H,7-10,13-16H2,1H3,(H,25,26);1H. The number of rotatable bonds is 6. The van der Waals surface area contributed by atoms with E-state index in [1.807, 2.05) is 18.8 Å². The second kappa shape index (κ2) is 11.9. The van der Waals surface area contributed by atoms with E-state index < -0.39 is 0 Å². The van der Waals surface area contributed by atoms with Gasteiger partial charge in [0.2, 0.25) is 0 Å². The molecule has 4 rings (SSSR count). The lowest BCUT2D eigenvalue weighted by atomic mass is 10.1. The topological polar surface area (TPSA) is 46.1 Å². The first-order valence-corrected chi connectivity index (χ1v) is 11.4. The molecule has 2 aliphatic rings. The number of likely N-dealkylation sites (tertiary alicyclic amines) is 1. The van der Waals surface area contributed by atoms with Gasteiger partial charge in [-0.1, -0.05) is 18.2 Å². The molecule has 1 unspecified atom stereocenters. The third kappa shape index (κ3) is 6.49. The zero-order valence-corrected chi connectivity index (χ0v) is 20.8. The Labute approximate surface area is 204 Å². The molecule has 2 aromatic carbocycles. The molecule has 0 bridgehead atoms. The SMILES string of the molecule is CN=C(NCCc1cc(F)cc2c1OCOC2)N1CCC(CSc2ccccc2)C1.I. The molecular formula is C23H29FIN3O2S. The number of nitrogens with zero attached hydrogens (tertiary/aromatic N) is 2. The summed E-state index contributed by atoms with van der Waals surface area (Å²) in [7, 11) is 1.82. The highest BCUT2D eigenvalue weighted by molar-refractivity contribution is 14.0. The van der Waals surface area contributed by atoms with Gasteiger partial charge in [0.25, 0.3) is 0 Å². The predicted molar refractivity (Wildman–Crippen MR) is 134 cm³/mol. The van der Waals surface area contributed by atoms with Crippen molar-refractivity contribution < 1.29 is 13.9 Å². The first kappa shape index (κ1) is 24.1. The maximum Gasteiger partial charge on any atom is 0.193 e. The molecule has 31 heavy (non-hydrogen) atoms. The smallest absolute Gasteiger partial charge is 0.193 e. The number of aliphatic imine (C=N–C) groups is 1. The number of nitrogens with one attached hydrogen (secondary N) is 1. The normalized spacial score (nSPS) is 18.2. The highest BCUT2D eigenvalue weighted by Crippen LogP contribution is 2.30. The summed E-state index contributed by atoms with van der Waals surface area (Å²) in [6.45, 7) is 3.31. The number of fused-ring (bicyclic) bond motifs is 1. The second-order valence-electron chi connectivity index (χ2n) is 7.61. The number of thioether (sulfide) groups is 1. The number of hydrogen-bond acceptors (Lipinski definition) is 4. The summed E-state index contributed by atoms with van der Waals surface area (Å²) < 4.78 is 24.8. The third-order valence-corrected chi connectivity index (χ3v) is 6.70. The molecule has 5 nitrogen and oxygen atoms in total. The molecule has 1 N–H and O–H groups in total. The number of ether oxygens (including phenoxy) is 2. The van der Waals surface area contributed by atoms with Crippen LogP contribution in [0.2, 0.25) is 0 Å². The summed E-state index contributed by atoms with van der Waals surface area (Å²) >= 11 is 1.92. The zero-order valence-electron chi connectivity index (χ0n) is 17.7. The van der Waals surface area contributed by atoms with Crippen molar-refractivity contribution in [2.45, 2.75) is 24.3 Å². The van der Waals surface area contributed by atoms with Gasteiger partial charge in [-0.25, -0.2) is 4.39 Å². The van der Waals surface area contributed by atoms with Gasteiger partial charge in [-0.15, -0.1) is 35.7 Å². The Kier molecular flexibility index (Phi) is 9.28. The monoisotopic (exact) mass is 557 g/mol. The molecule has 0 radical (unpaired) electrons. The molecule has 0 amide bonds. The van der Waals surface area contributed by atoms with Gasteiger partial charge in [0.05, 0.1) is 6.61 Å². The molecule has 2 heterocycles. The van der Waals surface area contributed by atoms with Crippen molar-refractivity contribution in [3.63, 3.8) is 0 Å². The Morgan fingerprint density at radius 3 is 2.94 bits per heavy atom. The lowest BCUT2D eigenvalue weighted by Gasteiger charge is -2.23. The van der Waals surface area contributed by atoms with Gasteiger partial charge in [-0.3, -0.25) is 4.99 Å². The maximum atomic E-state index is 13.9. The van der Waals surface area contributed by atoms with Gasteiger partial charge in [-0.05, 0) is 48.6 Å². The van der Waals surface area contributed by atoms with Gasteiger partial charge in [0.15, 0.2) is 12.8 Å². The van der Waals surface area contributed by atoms with Gasteiger partial charge in [0.1, 0.15) is 11.6 Å². The molecule has 8 heteroatoms. The Hall–Kier alpha value is -1.52. The highest BCUT2D eigenvalue weighted by atomic mass is 127. The van der Waals surface area contributed by atoms with Crippen LogP contribution in [0.4, 0.5) is 4.39 Å². The maximum absolute atomic E-state index is 13.9. The molecule has 0 aromatic heterocycles. The fourth-order valence-corrected chi connectivity index (χ4v) is 5.03. The minimum absolute atomic E-state index is 0. The second-order valence-corrected chi connectivity index (χ2v) is 8.71. The van der Waals surface area contributed by atoms with E-state index in [4.69, 9.17) is 9.47 Å². The van der Waals surface area contributed by atoms with E-state index in [1.54, 1.807) is 6.07 Å². The minimum Gasteiger partial charge on any atom is -0.467 e. The van der Waals surface area contributed by atoms with Gasteiger partial charge < -0.3 is 19.7 Å². The fraction of sp³-hybridized carbons (Fsp3) is 0.435. The summed E-state index contributed by atoms with van der Waals surface area (Å²) in [5.41, 5.74) is 1.65. The van der Waals surface area contributed by atoms with E-state index in [0.29, 0.717) is 25.5 Å². The largest absolute Gasteiger partial charge is 0.467 e. The number of halogens is 2. The van der Waals surface area contributed by atoms with Crippen LogP contribution in [0.25, 0.3) is 0 Å². The molecule has 1 atom stereocenters. The summed E-state index contributed by atoms with van der Waals surface area (Å²) in [6, 6.07) is 13.6. The lowest BCUT2D eigenvalue weighted by molar-refractivity contribution is -0.0172. The van der Waals surface area contributed by atoms with Crippen molar-refractivity contribution >= 4 is 41.7 Å². The van der Waals surface area contributed by atoms with E-state index in [1.165, 1.54) is 17.4 Å². The first-order valence-electron chi connectivity index (χ1n) is 10.4. The molecule has 0 aliphatic carbocycles. The average molecular weight is 557 g/mol. The summed E-state index contributed by atoms with van der Waals surface area (Å²) in [4.78, 5) is 8.10. The predicted octanol–water partition coefficient (Wildman–Crippen LogP) is 4.54. The molecule has 0 spiro atoms. The van der Waals surface area contributed by atoms with Gasteiger partial charge in [0, 0.05) is 42.9 Å². The Morgan fingerprint density at radius 1 is 1.29 bits per heavy atom. The van der Waals surface area contributed by atoms with Crippen molar-refractivity contribution in [3.05, 3.63) is 59.4 Å². The Bertz CT molecular complexity index is 885. The van der Waals surface area contributed by atoms with Crippen molar-refractivity contribution in [2.75, 3.05) is 39.2 Å². The van der Waals surface area contributed by atoms with E-state index >= 15 is 0 Å².